The average Bonchev–Trinajstić information content (AvgIpc) is 2.69. The maximum atomic E-state index is 13.7. The van der Waals surface area contributed by atoms with Crippen LogP contribution in [0.2, 0.25) is 0 Å². The molecule has 0 atom stereocenters. The van der Waals surface area contributed by atoms with Crippen molar-refractivity contribution >= 4 is 24.0 Å². The Bertz CT molecular complexity index is 1080. The van der Waals surface area contributed by atoms with E-state index in [-0.39, 0.29) is 11.7 Å². The average molecular weight is 394 g/mol. The van der Waals surface area contributed by atoms with E-state index in [4.69, 9.17) is 15.6 Å². The third-order valence-electron chi connectivity index (χ3n) is 4.18. The molecular formula is C21H16F2N4O2. The second-order valence-electron chi connectivity index (χ2n) is 6.08. The minimum Gasteiger partial charge on any atom is -0.428 e. The number of halogens is 2. The lowest BCUT2D eigenvalue weighted by Gasteiger charge is -2.10. The van der Waals surface area contributed by atoms with Gasteiger partial charge in [-0.2, -0.15) is 0 Å². The number of benzene rings is 2. The van der Waals surface area contributed by atoms with Gasteiger partial charge in [-0.25, -0.2) is 13.8 Å². The van der Waals surface area contributed by atoms with Gasteiger partial charge in [0.25, 0.3) is 5.91 Å². The van der Waals surface area contributed by atoms with Crippen molar-refractivity contribution in [3.05, 3.63) is 83.1 Å². The number of aryl methyl sites for hydroxylation is 1. The first-order valence-electron chi connectivity index (χ1n) is 8.47. The van der Waals surface area contributed by atoms with Crippen molar-refractivity contribution < 1.29 is 18.3 Å². The summed E-state index contributed by atoms with van der Waals surface area (Å²) in [5, 5.41) is 17.1. The molecule has 0 aliphatic carbocycles. The minimum absolute atomic E-state index is 0.134. The number of pyridine rings is 1. The topological polar surface area (TPSA) is 98.9 Å². The van der Waals surface area contributed by atoms with Crippen LogP contribution in [0.3, 0.4) is 0 Å². The third kappa shape index (κ3) is 4.32. The van der Waals surface area contributed by atoms with E-state index in [0.29, 0.717) is 17.5 Å². The summed E-state index contributed by atoms with van der Waals surface area (Å²) in [5.41, 5.74) is 2.23. The molecule has 0 radical (unpaired) electrons. The molecule has 0 fully saturated rings. The Morgan fingerprint density at radius 3 is 2.48 bits per heavy atom. The number of anilines is 1. The lowest BCUT2D eigenvalue weighted by Crippen LogP contribution is -2.16. The van der Waals surface area contributed by atoms with Crippen LogP contribution in [-0.4, -0.2) is 23.2 Å². The lowest BCUT2D eigenvalue weighted by molar-refractivity contribution is 0.101. The quantitative estimate of drug-likeness (QED) is 0.438. The van der Waals surface area contributed by atoms with Crippen LogP contribution in [0.4, 0.5) is 14.6 Å². The van der Waals surface area contributed by atoms with Crippen LogP contribution in [0.15, 0.2) is 54.7 Å². The first-order chi connectivity index (χ1) is 13.9. The molecule has 3 N–H and O–H groups in total. The first kappa shape index (κ1) is 19.8. The lowest BCUT2D eigenvalue weighted by atomic mass is 9.99. The Labute approximate surface area is 165 Å². The molecule has 0 bridgehead atoms. The van der Waals surface area contributed by atoms with Gasteiger partial charge in [-0.15, -0.1) is 0 Å². The van der Waals surface area contributed by atoms with Crippen LogP contribution in [0.5, 0.6) is 0 Å². The Morgan fingerprint density at radius 1 is 1.14 bits per heavy atom. The summed E-state index contributed by atoms with van der Waals surface area (Å²) in [5.74, 6) is -2.88. The Morgan fingerprint density at radius 2 is 1.86 bits per heavy atom. The number of nitrogens with zero attached hydrogens (tertiary/aromatic N) is 1. The molecular weight excluding hydrogens is 378 g/mol. The summed E-state index contributed by atoms with van der Waals surface area (Å²) in [6, 6.07) is 11.6. The molecule has 0 spiro atoms. The first-order valence-corrected chi connectivity index (χ1v) is 8.47. The van der Waals surface area contributed by atoms with Gasteiger partial charge in [-0.05, 0) is 54.4 Å². The molecule has 146 valence electrons. The summed E-state index contributed by atoms with van der Waals surface area (Å²) < 4.78 is 32.2. The summed E-state index contributed by atoms with van der Waals surface area (Å²) in [6.45, 7) is 1.89. The summed E-state index contributed by atoms with van der Waals surface area (Å²) >= 11 is 0. The number of nitrogens with one attached hydrogen (secondary N) is 3. The number of amides is 1. The predicted octanol–water partition coefficient (Wildman–Crippen LogP) is 4.54. The number of hydrogen-bond donors (Lipinski definition) is 3. The highest BCUT2D eigenvalue weighted by atomic mass is 19.1. The van der Waals surface area contributed by atoms with Crippen LogP contribution >= 0.6 is 0 Å². The van der Waals surface area contributed by atoms with Gasteiger partial charge in [0.05, 0.1) is 0 Å². The molecule has 0 saturated heterocycles. The van der Waals surface area contributed by atoms with E-state index in [1.165, 1.54) is 18.3 Å². The fourth-order valence-corrected chi connectivity index (χ4v) is 2.72. The molecule has 0 aliphatic heterocycles. The third-order valence-corrected chi connectivity index (χ3v) is 4.18. The van der Waals surface area contributed by atoms with Gasteiger partial charge in [0.2, 0.25) is 5.90 Å². The number of hydrogen-bond acceptors (Lipinski definition) is 5. The molecule has 2 aromatic carbocycles. The van der Waals surface area contributed by atoms with Crippen molar-refractivity contribution in [2.75, 3.05) is 5.32 Å². The standard InChI is InChI=1S/C21H16F2N4O2/c1-12-5-6-13(20(25)29-11-24)9-15(12)14-7-8-18(26-10-14)27-21(28)19-16(22)3-2-4-17(19)23/h2-11,24-25H,1H3,(H,26,27,28). The van der Waals surface area contributed by atoms with Crippen LogP contribution in [0, 0.1) is 29.4 Å². The minimum atomic E-state index is -0.957. The second-order valence-corrected chi connectivity index (χ2v) is 6.08. The van der Waals surface area contributed by atoms with Crippen LogP contribution in [0.1, 0.15) is 21.5 Å². The molecule has 0 saturated carbocycles. The van der Waals surface area contributed by atoms with Crippen molar-refractivity contribution in [3.63, 3.8) is 0 Å². The van der Waals surface area contributed by atoms with Crippen LogP contribution in [0.25, 0.3) is 11.1 Å². The molecule has 3 aromatic rings. The van der Waals surface area contributed by atoms with E-state index < -0.39 is 23.1 Å². The number of carbonyl (C=O) groups excluding carboxylic acids is 1. The zero-order chi connectivity index (χ0) is 21.0. The van der Waals surface area contributed by atoms with Gasteiger partial charge in [0, 0.05) is 17.3 Å². The Kier molecular flexibility index (Phi) is 5.73. The van der Waals surface area contributed by atoms with E-state index in [1.807, 2.05) is 13.0 Å². The molecule has 1 heterocycles. The van der Waals surface area contributed by atoms with Crippen molar-refractivity contribution in [2.45, 2.75) is 6.92 Å². The zero-order valence-corrected chi connectivity index (χ0v) is 15.3. The van der Waals surface area contributed by atoms with Crippen molar-refractivity contribution in [3.8, 4) is 11.1 Å². The molecule has 6 nitrogen and oxygen atoms in total. The van der Waals surface area contributed by atoms with Crippen molar-refractivity contribution in [1.29, 1.82) is 10.8 Å². The number of carbonyl (C=O) groups is 1. The Balaban J connectivity index is 1.84. The second kappa shape index (κ2) is 8.39. The highest BCUT2D eigenvalue weighted by Gasteiger charge is 2.17. The van der Waals surface area contributed by atoms with Gasteiger partial charge in [-0.3, -0.25) is 15.6 Å². The largest absolute Gasteiger partial charge is 0.428 e. The van der Waals surface area contributed by atoms with Gasteiger partial charge in [-0.1, -0.05) is 12.1 Å². The summed E-state index contributed by atoms with van der Waals surface area (Å²) in [7, 11) is 0. The predicted molar refractivity (Wildman–Crippen MR) is 105 cm³/mol. The van der Waals surface area contributed by atoms with Gasteiger partial charge >= 0.3 is 0 Å². The van der Waals surface area contributed by atoms with Crippen LogP contribution < -0.4 is 5.32 Å². The molecule has 1 aromatic heterocycles. The zero-order valence-electron chi connectivity index (χ0n) is 15.3. The van der Waals surface area contributed by atoms with Crippen LogP contribution in [-0.2, 0) is 4.74 Å². The molecule has 3 rings (SSSR count). The normalized spacial score (nSPS) is 10.3. The molecule has 0 unspecified atom stereocenters. The van der Waals surface area contributed by atoms with Crippen molar-refractivity contribution in [2.24, 2.45) is 0 Å². The highest BCUT2D eigenvalue weighted by Crippen LogP contribution is 2.25. The van der Waals surface area contributed by atoms with Gasteiger partial charge in [0.15, 0.2) is 6.40 Å². The van der Waals surface area contributed by atoms with Crippen molar-refractivity contribution in [1.82, 2.24) is 4.98 Å². The maximum Gasteiger partial charge on any atom is 0.262 e. The summed E-state index contributed by atoms with van der Waals surface area (Å²) in [6.07, 6.45) is 2.18. The van der Waals surface area contributed by atoms with E-state index in [2.05, 4.69) is 10.3 Å². The Hall–Kier alpha value is -3.94. The SMILES string of the molecule is Cc1ccc(C(=N)OC=N)cc1-c1ccc(NC(=O)c2c(F)cccc2F)nc1. The monoisotopic (exact) mass is 394 g/mol. The number of ether oxygens (including phenoxy) is 1. The fourth-order valence-electron chi connectivity index (χ4n) is 2.72. The molecule has 1 amide bonds. The number of aromatic nitrogens is 1. The molecule has 29 heavy (non-hydrogen) atoms. The van der Waals surface area contributed by atoms with E-state index >= 15 is 0 Å². The number of rotatable bonds is 5. The smallest absolute Gasteiger partial charge is 0.262 e. The van der Waals surface area contributed by atoms with E-state index in [1.54, 1.807) is 18.2 Å². The molecule has 0 aliphatic rings. The highest BCUT2D eigenvalue weighted by molar-refractivity contribution is 6.04. The molecule has 8 heteroatoms. The fraction of sp³-hybridized carbons (Fsp3) is 0.0476. The van der Waals surface area contributed by atoms with E-state index in [0.717, 1.165) is 23.3 Å². The summed E-state index contributed by atoms with van der Waals surface area (Å²) in [4.78, 5) is 16.3. The van der Waals surface area contributed by atoms with Gasteiger partial charge < -0.3 is 10.1 Å². The van der Waals surface area contributed by atoms with E-state index in [9.17, 15) is 13.6 Å². The van der Waals surface area contributed by atoms with Gasteiger partial charge in [0.1, 0.15) is 23.0 Å². The maximum absolute atomic E-state index is 13.7.